The van der Waals surface area contributed by atoms with Crippen molar-refractivity contribution in [1.29, 1.82) is 0 Å². The van der Waals surface area contributed by atoms with E-state index in [1.807, 2.05) is 43.2 Å². The van der Waals surface area contributed by atoms with Gasteiger partial charge < -0.3 is 19.4 Å². The number of nitrogens with one attached hydrogen (secondary N) is 1. The quantitative estimate of drug-likeness (QED) is 0.891. The highest BCUT2D eigenvalue weighted by molar-refractivity contribution is 5.66. The monoisotopic (exact) mass is 245 g/mol. The molecule has 1 aromatic carbocycles. The van der Waals surface area contributed by atoms with Gasteiger partial charge in [-0.25, -0.2) is 4.98 Å². The van der Waals surface area contributed by atoms with E-state index in [1.165, 1.54) is 0 Å². The predicted molar refractivity (Wildman–Crippen MR) is 67.5 cm³/mol. The molecule has 18 heavy (non-hydrogen) atoms. The van der Waals surface area contributed by atoms with E-state index in [0.29, 0.717) is 6.79 Å². The van der Waals surface area contributed by atoms with Crippen LogP contribution < -0.4 is 14.8 Å². The lowest BCUT2D eigenvalue weighted by molar-refractivity contribution is 0.174. The summed E-state index contributed by atoms with van der Waals surface area (Å²) in [4.78, 5) is 4.46. The van der Waals surface area contributed by atoms with Crippen LogP contribution in [0.1, 0.15) is 5.69 Å². The minimum atomic E-state index is 0.296. The molecule has 1 N–H and O–H groups in total. The highest BCUT2D eigenvalue weighted by Gasteiger charge is 2.16. The van der Waals surface area contributed by atoms with E-state index in [1.54, 1.807) is 0 Å². The lowest BCUT2D eigenvalue weighted by Gasteiger charge is -2.06. The van der Waals surface area contributed by atoms with Gasteiger partial charge in [0.2, 0.25) is 6.79 Å². The first-order chi connectivity index (χ1) is 8.79. The second kappa shape index (κ2) is 4.34. The van der Waals surface area contributed by atoms with Crippen molar-refractivity contribution in [3.8, 4) is 22.8 Å². The Balaban J connectivity index is 2.04. The summed E-state index contributed by atoms with van der Waals surface area (Å²) >= 11 is 0. The number of imidazole rings is 1. The molecule has 1 aliphatic rings. The number of ether oxygens (including phenoxy) is 2. The third kappa shape index (κ3) is 1.73. The number of hydrogen-bond acceptors (Lipinski definition) is 4. The third-order valence-electron chi connectivity index (χ3n) is 3.05. The number of rotatable bonds is 3. The van der Waals surface area contributed by atoms with Gasteiger partial charge in [-0.15, -0.1) is 0 Å². The van der Waals surface area contributed by atoms with Crippen molar-refractivity contribution in [2.75, 3.05) is 13.8 Å². The van der Waals surface area contributed by atoms with E-state index in [9.17, 15) is 0 Å². The van der Waals surface area contributed by atoms with Crippen molar-refractivity contribution in [2.24, 2.45) is 7.05 Å². The Labute approximate surface area is 105 Å². The van der Waals surface area contributed by atoms with E-state index < -0.39 is 0 Å². The van der Waals surface area contributed by atoms with E-state index in [4.69, 9.17) is 9.47 Å². The molecule has 1 aliphatic heterocycles. The Morgan fingerprint density at radius 3 is 3.00 bits per heavy atom. The highest BCUT2D eigenvalue weighted by Crippen LogP contribution is 2.36. The minimum absolute atomic E-state index is 0.296. The molecule has 0 spiro atoms. The van der Waals surface area contributed by atoms with Crippen LogP contribution in [-0.2, 0) is 13.6 Å². The summed E-state index contributed by atoms with van der Waals surface area (Å²) in [6.45, 7) is 1.07. The molecule has 2 heterocycles. The van der Waals surface area contributed by atoms with Gasteiger partial charge in [-0.1, -0.05) is 0 Å². The zero-order chi connectivity index (χ0) is 12.5. The Kier molecular flexibility index (Phi) is 2.68. The number of benzene rings is 1. The van der Waals surface area contributed by atoms with Crippen molar-refractivity contribution in [2.45, 2.75) is 6.54 Å². The average Bonchev–Trinajstić information content (AvgIpc) is 2.97. The summed E-state index contributed by atoms with van der Waals surface area (Å²) in [5.74, 6) is 1.58. The maximum atomic E-state index is 5.39. The van der Waals surface area contributed by atoms with Gasteiger partial charge in [0.15, 0.2) is 11.5 Å². The smallest absolute Gasteiger partial charge is 0.231 e. The molecule has 2 aromatic rings. The Bertz CT molecular complexity index is 578. The average molecular weight is 245 g/mol. The fraction of sp³-hybridized carbons (Fsp3) is 0.308. The van der Waals surface area contributed by atoms with Crippen molar-refractivity contribution in [3.05, 3.63) is 30.2 Å². The van der Waals surface area contributed by atoms with Crippen LogP contribution >= 0.6 is 0 Å². The molecular formula is C13H15N3O2. The molecular weight excluding hydrogens is 230 g/mol. The summed E-state index contributed by atoms with van der Waals surface area (Å²) in [6.07, 6.45) is 1.83. The van der Waals surface area contributed by atoms with Crippen LogP contribution in [-0.4, -0.2) is 23.4 Å². The van der Waals surface area contributed by atoms with Crippen LogP contribution in [0.15, 0.2) is 24.5 Å². The fourth-order valence-corrected chi connectivity index (χ4v) is 2.12. The molecule has 5 nitrogen and oxygen atoms in total. The number of hydrogen-bond donors (Lipinski definition) is 1. The molecule has 0 unspecified atom stereocenters. The van der Waals surface area contributed by atoms with Crippen LogP contribution in [0.3, 0.4) is 0 Å². The van der Waals surface area contributed by atoms with Gasteiger partial charge in [-0.3, -0.25) is 0 Å². The first-order valence-corrected chi connectivity index (χ1v) is 5.84. The Morgan fingerprint density at radius 2 is 2.17 bits per heavy atom. The van der Waals surface area contributed by atoms with Crippen LogP contribution in [0.4, 0.5) is 0 Å². The van der Waals surface area contributed by atoms with Gasteiger partial charge in [-0.05, 0) is 25.2 Å². The molecule has 0 radical (unpaired) electrons. The largest absolute Gasteiger partial charge is 0.454 e. The van der Waals surface area contributed by atoms with Gasteiger partial charge in [-0.2, -0.15) is 0 Å². The van der Waals surface area contributed by atoms with Gasteiger partial charge in [0.1, 0.15) is 0 Å². The molecule has 3 rings (SSSR count). The van der Waals surface area contributed by atoms with Crippen LogP contribution in [0.5, 0.6) is 11.5 Å². The molecule has 1 aromatic heterocycles. The Morgan fingerprint density at radius 1 is 1.33 bits per heavy atom. The van der Waals surface area contributed by atoms with Gasteiger partial charge in [0, 0.05) is 19.2 Å². The number of aryl methyl sites for hydroxylation is 1. The van der Waals surface area contributed by atoms with Crippen molar-refractivity contribution < 1.29 is 9.47 Å². The third-order valence-corrected chi connectivity index (χ3v) is 3.05. The summed E-state index contributed by atoms with van der Waals surface area (Å²) in [5.41, 5.74) is 3.17. The molecule has 5 heteroatoms. The summed E-state index contributed by atoms with van der Waals surface area (Å²) in [6, 6.07) is 5.91. The summed E-state index contributed by atoms with van der Waals surface area (Å²) in [5, 5.41) is 3.16. The lowest BCUT2D eigenvalue weighted by atomic mass is 10.1. The van der Waals surface area contributed by atoms with E-state index >= 15 is 0 Å². The topological polar surface area (TPSA) is 48.3 Å². The molecule has 0 bridgehead atoms. The number of fused-ring (bicyclic) bond motifs is 1. The standard InChI is InChI=1S/C13H15N3O2/c1-14-6-10-13(15-7-16(10)2)9-3-4-11-12(5-9)18-8-17-11/h3-5,7,14H,6,8H2,1-2H3. The maximum absolute atomic E-state index is 5.39. The van der Waals surface area contributed by atoms with Crippen molar-refractivity contribution in [1.82, 2.24) is 14.9 Å². The zero-order valence-electron chi connectivity index (χ0n) is 10.4. The van der Waals surface area contributed by atoms with Crippen molar-refractivity contribution in [3.63, 3.8) is 0 Å². The normalized spacial score (nSPS) is 13.0. The molecule has 0 saturated carbocycles. The second-order valence-electron chi connectivity index (χ2n) is 4.25. The van der Waals surface area contributed by atoms with E-state index in [2.05, 4.69) is 10.3 Å². The SMILES string of the molecule is CNCc1c(-c2ccc3c(c2)OCO3)ncn1C. The molecule has 0 amide bonds. The van der Waals surface area contributed by atoms with Crippen LogP contribution in [0.25, 0.3) is 11.3 Å². The molecule has 0 fully saturated rings. The van der Waals surface area contributed by atoms with E-state index in [0.717, 1.165) is 35.0 Å². The Hall–Kier alpha value is -2.01. The lowest BCUT2D eigenvalue weighted by Crippen LogP contribution is -2.09. The first kappa shape index (κ1) is 11.1. The summed E-state index contributed by atoms with van der Waals surface area (Å²) in [7, 11) is 3.92. The van der Waals surface area contributed by atoms with Crippen LogP contribution in [0, 0.1) is 0 Å². The molecule has 0 atom stereocenters. The highest BCUT2D eigenvalue weighted by atomic mass is 16.7. The van der Waals surface area contributed by atoms with Gasteiger partial charge in [0.25, 0.3) is 0 Å². The predicted octanol–water partition coefficient (Wildman–Crippen LogP) is 1.54. The number of aromatic nitrogens is 2. The summed E-state index contributed by atoms with van der Waals surface area (Å²) < 4.78 is 12.7. The van der Waals surface area contributed by atoms with Gasteiger partial charge >= 0.3 is 0 Å². The minimum Gasteiger partial charge on any atom is -0.454 e. The maximum Gasteiger partial charge on any atom is 0.231 e. The first-order valence-electron chi connectivity index (χ1n) is 5.84. The fourth-order valence-electron chi connectivity index (χ4n) is 2.12. The second-order valence-corrected chi connectivity index (χ2v) is 4.25. The van der Waals surface area contributed by atoms with Gasteiger partial charge in [0.05, 0.1) is 17.7 Å². The molecule has 94 valence electrons. The molecule has 0 saturated heterocycles. The molecule has 0 aliphatic carbocycles. The number of nitrogens with zero attached hydrogens (tertiary/aromatic N) is 2. The zero-order valence-corrected chi connectivity index (χ0v) is 10.4. The van der Waals surface area contributed by atoms with Crippen molar-refractivity contribution >= 4 is 0 Å². The van der Waals surface area contributed by atoms with Crippen LogP contribution in [0.2, 0.25) is 0 Å². The van der Waals surface area contributed by atoms with E-state index in [-0.39, 0.29) is 0 Å².